The van der Waals surface area contributed by atoms with Crippen LogP contribution in [0.5, 0.6) is 5.75 Å². The number of aliphatic hydroxyl groups excluding tert-OH is 1. The molecule has 29 heavy (non-hydrogen) atoms. The van der Waals surface area contributed by atoms with Crippen LogP contribution in [0.15, 0.2) is 24.3 Å². The molecular formula is C19H25N2NaO7. The normalized spacial score (nSPS) is 20.7. The van der Waals surface area contributed by atoms with Crippen molar-refractivity contribution in [3.8, 4) is 5.75 Å². The van der Waals surface area contributed by atoms with Gasteiger partial charge < -0.3 is 35.5 Å². The molecule has 4 N–H and O–H groups in total. The van der Waals surface area contributed by atoms with E-state index in [1.165, 1.54) is 12.1 Å². The van der Waals surface area contributed by atoms with Crippen LogP contribution >= 0.6 is 0 Å². The van der Waals surface area contributed by atoms with Gasteiger partial charge in [-0.3, -0.25) is 9.59 Å². The summed E-state index contributed by atoms with van der Waals surface area (Å²) < 4.78 is 4.75. The van der Waals surface area contributed by atoms with E-state index in [0.717, 1.165) is 0 Å². The smallest absolute Gasteiger partial charge is 0.547 e. The summed E-state index contributed by atoms with van der Waals surface area (Å²) >= 11 is 0. The summed E-state index contributed by atoms with van der Waals surface area (Å²) in [5.41, 5.74) is 0.512. The third-order valence-electron chi connectivity index (χ3n) is 4.40. The maximum atomic E-state index is 12.6. The van der Waals surface area contributed by atoms with Crippen molar-refractivity contribution in [2.24, 2.45) is 5.92 Å². The Bertz CT molecular complexity index is 726. The summed E-state index contributed by atoms with van der Waals surface area (Å²) in [6.07, 6.45) is -3.15. The molecule has 154 valence electrons. The van der Waals surface area contributed by atoms with E-state index in [-0.39, 0.29) is 41.2 Å². The molecule has 1 heterocycles. The zero-order valence-electron chi connectivity index (χ0n) is 16.9. The van der Waals surface area contributed by atoms with E-state index in [4.69, 9.17) is 4.74 Å². The fourth-order valence-corrected chi connectivity index (χ4v) is 2.81. The topological polar surface area (TPSA) is 151 Å². The van der Waals surface area contributed by atoms with Crippen molar-refractivity contribution >= 4 is 17.8 Å². The third-order valence-corrected chi connectivity index (χ3v) is 4.40. The van der Waals surface area contributed by atoms with Gasteiger partial charge in [0.05, 0.1) is 18.1 Å². The van der Waals surface area contributed by atoms with E-state index >= 15 is 0 Å². The van der Waals surface area contributed by atoms with Gasteiger partial charge in [-0.2, -0.15) is 0 Å². The van der Waals surface area contributed by atoms with Gasteiger partial charge >= 0.3 is 29.6 Å². The van der Waals surface area contributed by atoms with Gasteiger partial charge in [0.25, 0.3) is 5.91 Å². The number of nitrogens with one attached hydrogen (secondary N) is 2. The van der Waals surface area contributed by atoms with Crippen LogP contribution in [0.4, 0.5) is 0 Å². The fourth-order valence-electron chi connectivity index (χ4n) is 2.81. The van der Waals surface area contributed by atoms with E-state index in [2.05, 4.69) is 10.6 Å². The summed E-state index contributed by atoms with van der Waals surface area (Å²) in [5.74, 6) is -2.54. The van der Waals surface area contributed by atoms with E-state index < -0.39 is 48.2 Å². The number of hydrogen-bond acceptors (Lipinski definition) is 7. The van der Waals surface area contributed by atoms with Gasteiger partial charge in [-0.05, 0) is 37.0 Å². The second-order valence-electron chi connectivity index (χ2n) is 7.32. The molecule has 2 amide bonds. The molecule has 0 saturated carbocycles. The summed E-state index contributed by atoms with van der Waals surface area (Å²) in [6.45, 7) is 5.36. The molecule has 0 aromatic heterocycles. The number of carboxylic acids is 1. The van der Waals surface area contributed by atoms with Crippen molar-refractivity contribution in [3.63, 3.8) is 0 Å². The minimum absolute atomic E-state index is 0. The number of epoxide rings is 1. The molecule has 1 aliphatic heterocycles. The molecule has 0 spiro atoms. The SMILES string of the molecule is CC(C)C[C@H](NC(=O)C1OC1C(=O)[O-])C(=O)NC(C)C(O)c1ccc(O)cc1.[Na+]. The number of amides is 2. The number of phenolic OH excluding ortho intramolecular Hbond substituents is 1. The van der Waals surface area contributed by atoms with Gasteiger partial charge in [0, 0.05) is 0 Å². The Morgan fingerprint density at radius 3 is 2.17 bits per heavy atom. The first-order chi connectivity index (χ1) is 13.1. The number of carboxylic acid groups (broad SMARTS) is 1. The second kappa shape index (κ2) is 10.9. The summed E-state index contributed by atoms with van der Waals surface area (Å²) in [5, 5.41) is 35.6. The van der Waals surface area contributed by atoms with Crippen LogP contribution in [0.3, 0.4) is 0 Å². The largest absolute Gasteiger partial charge is 1.00 e. The van der Waals surface area contributed by atoms with Crippen molar-refractivity contribution < 1.29 is 64.0 Å². The van der Waals surface area contributed by atoms with E-state index in [1.807, 2.05) is 13.8 Å². The molecule has 10 heteroatoms. The number of carbonyl (C=O) groups excluding carboxylic acids is 3. The number of carbonyl (C=O) groups is 3. The van der Waals surface area contributed by atoms with Gasteiger partial charge in [-0.1, -0.05) is 26.0 Å². The van der Waals surface area contributed by atoms with Crippen LogP contribution in [0.2, 0.25) is 0 Å². The van der Waals surface area contributed by atoms with Crippen LogP contribution in [0.1, 0.15) is 38.9 Å². The number of aliphatic hydroxyl groups is 1. The van der Waals surface area contributed by atoms with Crippen LogP contribution in [0, 0.1) is 5.92 Å². The van der Waals surface area contributed by atoms with Gasteiger partial charge in [-0.25, -0.2) is 0 Å². The first kappa shape index (κ1) is 25.4. The second-order valence-corrected chi connectivity index (χ2v) is 7.32. The average molecular weight is 416 g/mol. The number of rotatable bonds is 9. The van der Waals surface area contributed by atoms with Crippen molar-refractivity contribution in [2.45, 2.75) is 57.6 Å². The number of hydrogen-bond donors (Lipinski definition) is 4. The number of ether oxygens (including phenoxy) is 1. The monoisotopic (exact) mass is 416 g/mol. The predicted octanol–water partition coefficient (Wildman–Crippen LogP) is -4.02. The zero-order chi connectivity index (χ0) is 21.0. The van der Waals surface area contributed by atoms with Crippen LogP contribution < -0.4 is 45.3 Å². The molecule has 1 saturated heterocycles. The third kappa shape index (κ3) is 7.27. The molecule has 0 bridgehead atoms. The van der Waals surface area contributed by atoms with E-state index in [0.29, 0.717) is 12.0 Å². The van der Waals surface area contributed by atoms with Gasteiger partial charge in [0.1, 0.15) is 17.9 Å². The molecular weight excluding hydrogens is 391 g/mol. The van der Waals surface area contributed by atoms with Gasteiger partial charge in [-0.15, -0.1) is 0 Å². The Morgan fingerprint density at radius 1 is 1.10 bits per heavy atom. The van der Waals surface area contributed by atoms with Crippen molar-refractivity contribution in [2.75, 3.05) is 0 Å². The van der Waals surface area contributed by atoms with E-state index in [9.17, 15) is 29.7 Å². The zero-order valence-corrected chi connectivity index (χ0v) is 18.9. The molecule has 1 aromatic carbocycles. The quantitative estimate of drug-likeness (QED) is 0.236. The number of phenols is 1. The summed E-state index contributed by atoms with van der Waals surface area (Å²) in [6, 6.07) is 4.36. The number of aliphatic carboxylic acids is 1. The molecule has 2 rings (SSSR count). The maximum Gasteiger partial charge on any atom is 1.00 e. The average Bonchev–Trinajstić information content (AvgIpc) is 3.41. The van der Waals surface area contributed by atoms with E-state index in [1.54, 1.807) is 19.1 Å². The molecule has 9 nitrogen and oxygen atoms in total. The molecule has 4 unspecified atom stereocenters. The molecule has 1 fully saturated rings. The van der Waals surface area contributed by atoms with Gasteiger partial charge in [0.15, 0.2) is 6.10 Å². The molecule has 0 aliphatic carbocycles. The van der Waals surface area contributed by atoms with Crippen molar-refractivity contribution in [1.82, 2.24) is 10.6 Å². The Hall–Kier alpha value is -1.65. The fraction of sp³-hybridized carbons (Fsp3) is 0.526. The molecule has 1 aliphatic rings. The van der Waals surface area contributed by atoms with Crippen molar-refractivity contribution in [3.05, 3.63) is 29.8 Å². The first-order valence-electron chi connectivity index (χ1n) is 9.04. The summed E-state index contributed by atoms with van der Waals surface area (Å²) in [7, 11) is 0. The number of aromatic hydroxyl groups is 1. The predicted molar refractivity (Wildman–Crippen MR) is 95.7 cm³/mol. The Labute approximate surface area is 191 Å². The Kier molecular flexibility index (Phi) is 9.57. The Morgan fingerprint density at radius 2 is 1.69 bits per heavy atom. The first-order valence-corrected chi connectivity index (χ1v) is 9.04. The van der Waals surface area contributed by atoms with Crippen LogP contribution in [-0.4, -0.2) is 52.3 Å². The molecule has 1 aromatic rings. The molecule has 5 atom stereocenters. The minimum atomic E-state index is -1.48. The minimum Gasteiger partial charge on any atom is -0.547 e. The van der Waals surface area contributed by atoms with Crippen molar-refractivity contribution in [1.29, 1.82) is 0 Å². The van der Waals surface area contributed by atoms with Crippen LogP contribution in [-0.2, 0) is 19.1 Å². The number of benzene rings is 1. The standard InChI is InChI=1S/C19H26N2O7.Na/c1-9(2)8-13(21-18(25)15-16(28-15)19(26)27)17(24)20-10(3)14(23)11-4-6-12(22)7-5-11;/h4-7,9-10,13-16,22-23H,8H2,1-3H3,(H,20,24)(H,21,25)(H,26,27);/q;+1/p-1/t10?,13-,14?,15?,16?;/m0./s1. The molecule has 0 radical (unpaired) electrons. The maximum absolute atomic E-state index is 12.6. The summed E-state index contributed by atoms with van der Waals surface area (Å²) in [4.78, 5) is 35.4. The van der Waals surface area contributed by atoms with Crippen LogP contribution in [0.25, 0.3) is 0 Å². The Balaban J connectivity index is 0.00000420. The van der Waals surface area contributed by atoms with Gasteiger partial charge in [0.2, 0.25) is 5.91 Å².